The summed E-state index contributed by atoms with van der Waals surface area (Å²) in [6, 6.07) is 0.600. The molecule has 0 N–H and O–H groups in total. The van der Waals surface area contributed by atoms with Gasteiger partial charge >= 0.3 is 5.97 Å². The monoisotopic (exact) mass is 247 g/mol. The molecular weight excluding hydrogens is 226 g/mol. The smallest absolute Gasteiger partial charge is 0.326 e. The number of carbonyl (C=O) groups is 1. The lowest BCUT2D eigenvalue weighted by Gasteiger charge is -2.34. The average molecular weight is 248 g/mol. The predicted molar refractivity (Wildman–Crippen MR) is 65.8 cm³/mol. The van der Waals surface area contributed by atoms with E-state index in [1.54, 1.807) is 0 Å². The maximum atomic E-state index is 11.8. The molecule has 16 heavy (non-hydrogen) atoms. The Hall–Kier alpha value is -0.280. The summed E-state index contributed by atoms with van der Waals surface area (Å²) in [5, 5.41) is 0. The first kappa shape index (κ1) is 13.8. The van der Waals surface area contributed by atoms with Gasteiger partial charge in [-0.25, -0.2) is 0 Å². The van der Waals surface area contributed by atoms with E-state index in [2.05, 4.69) is 11.9 Å². The standard InChI is InChI=1S/C12H21NO2.ClH/c1-12(11(14)15-3)8-9-6-4-5-7-10(9)13(12)2;/h9-10H,4-8H2,1-3H3;1H/t9-,10-,12-;/m0./s1. The zero-order valence-corrected chi connectivity index (χ0v) is 11.2. The van der Waals surface area contributed by atoms with Gasteiger partial charge in [-0.3, -0.25) is 9.69 Å². The molecule has 2 rings (SSSR count). The number of fused-ring (bicyclic) bond motifs is 1. The van der Waals surface area contributed by atoms with E-state index in [4.69, 9.17) is 4.74 Å². The summed E-state index contributed by atoms with van der Waals surface area (Å²) >= 11 is 0. The van der Waals surface area contributed by atoms with E-state index in [0.717, 1.165) is 6.42 Å². The summed E-state index contributed by atoms with van der Waals surface area (Å²) in [5.41, 5.74) is -0.381. The number of carbonyl (C=O) groups excluding carboxylic acids is 1. The van der Waals surface area contributed by atoms with Gasteiger partial charge in [-0.05, 0) is 39.2 Å². The van der Waals surface area contributed by atoms with Gasteiger partial charge in [0.1, 0.15) is 5.54 Å². The molecule has 1 aliphatic carbocycles. The van der Waals surface area contributed by atoms with Crippen LogP contribution in [0.1, 0.15) is 39.0 Å². The molecule has 4 heteroatoms. The predicted octanol–water partition coefficient (Wildman–Crippen LogP) is 2.23. The van der Waals surface area contributed by atoms with Crippen molar-refractivity contribution in [3.8, 4) is 0 Å². The molecule has 0 bridgehead atoms. The van der Waals surface area contributed by atoms with Crippen molar-refractivity contribution in [2.75, 3.05) is 14.2 Å². The third-order valence-electron chi connectivity index (χ3n) is 4.43. The number of likely N-dealkylation sites (N-methyl/N-ethyl adjacent to an activating group) is 1. The van der Waals surface area contributed by atoms with Crippen LogP contribution in [0.15, 0.2) is 0 Å². The van der Waals surface area contributed by atoms with E-state index < -0.39 is 0 Å². The van der Waals surface area contributed by atoms with E-state index in [9.17, 15) is 4.79 Å². The van der Waals surface area contributed by atoms with E-state index in [-0.39, 0.29) is 23.9 Å². The first-order chi connectivity index (χ1) is 7.09. The molecule has 0 aromatic rings. The number of halogens is 1. The Morgan fingerprint density at radius 2 is 2.00 bits per heavy atom. The van der Waals surface area contributed by atoms with Crippen LogP contribution in [0.5, 0.6) is 0 Å². The zero-order valence-electron chi connectivity index (χ0n) is 10.4. The molecule has 1 aliphatic heterocycles. The van der Waals surface area contributed by atoms with Crippen molar-refractivity contribution in [3.05, 3.63) is 0 Å². The number of hydrogen-bond acceptors (Lipinski definition) is 3. The number of rotatable bonds is 1. The molecule has 3 atom stereocenters. The summed E-state index contributed by atoms with van der Waals surface area (Å²) in [6.45, 7) is 2.02. The SMILES string of the molecule is COC(=O)[C@]1(C)C[C@@H]2CCCC[C@@H]2N1C.Cl. The summed E-state index contributed by atoms with van der Waals surface area (Å²) in [5.74, 6) is 0.632. The zero-order chi connectivity index (χ0) is 11.1. The van der Waals surface area contributed by atoms with Gasteiger partial charge in [0.25, 0.3) is 0 Å². The van der Waals surface area contributed by atoms with Gasteiger partial charge in [-0.15, -0.1) is 12.4 Å². The second-order valence-corrected chi connectivity index (χ2v) is 5.19. The molecular formula is C12H22ClNO2. The molecule has 2 fully saturated rings. The molecule has 2 aliphatic rings. The molecule has 0 unspecified atom stereocenters. The first-order valence-corrected chi connectivity index (χ1v) is 5.91. The Balaban J connectivity index is 0.00000128. The molecule has 3 nitrogen and oxygen atoms in total. The van der Waals surface area contributed by atoms with Crippen molar-refractivity contribution in [3.63, 3.8) is 0 Å². The second-order valence-electron chi connectivity index (χ2n) is 5.19. The fraction of sp³-hybridized carbons (Fsp3) is 0.917. The lowest BCUT2D eigenvalue weighted by molar-refractivity contribution is -0.152. The van der Waals surface area contributed by atoms with Gasteiger partial charge in [0.2, 0.25) is 0 Å². The topological polar surface area (TPSA) is 29.5 Å². The quantitative estimate of drug-likeness (QED) is 0.666. The summed E-state index contributed by atoms with van der Waals surface area (Å²) in [6.07, 6.45) is 6.13. The van der Waals surface area contributed by atoms with E-state index in [1.165, 1.54) is 32.8 Å². The highest BCUT2D eigenvalue weighted by Gasteiger charge is 2.52. The Morgan fingerprint density at radius 1 is 1.38 bits per heavy atom. The van der Waals surface area contributed by atoms with Crippen LogP contribution in [0.25, 0.3) is 0 Å². The summed E-state index contributed by atoms with van der Waals surface area (Å²) < 4.78 is 4.93. The van der Waals surface area contributed by atoms with Gasteiger partial charge in [0.15, 0.2) is 0 Å². The molecule has 0 radical (unpaired) electrons. The third kappa shape index (κ3) is 1.95. The van der Waals surface area contributed by atoms with Crippen molar-refractivity contribution in [2.24, 2.45) is 5.92 Å². The number of nitrogens with zero attached hydrogens (tertiary/aromatic N) is 1. The van der Waals surface area contributed by atoms with E-state index >= 15 is 0 Å². The number of ether oxygens (including phenoxy) is 1. The highest BCUT2D eigenvalue weighted by atomic mass is 35.5. The van der Waals surface area contributed by atoms with Crippen LogP contribution in [0.2, 0.25) is 0 Å². The van der Waals surface area contributed by atoms with Crippen LogP contribution in [-0.4, -0.2) is 36.6 Å². The summed E-state index contributed by atoms with van der Waals surface area (Å²) in [7, 11) is 3.57. The van der Waals surface area contributed by atoms with Crippen LogP contribution >= 0.6 is 12.4 Å². The van der Waals surface area contributed by atoms with Crippen LogP contribution in [0.3, 0.4) is 0 Å². The molecule has 0 spiro atoms. The van der Waals surface area contributed by atoms with Crippen LogP contribution in [-0.2, 0) is 9.53 Å². The average Bonchev–Trinajstić information content (AvgIpc) is 2.52. The first-order valence-electron chi connectivity index (χ1n) is 5.91. The fourth-order valence-electron chi connectivity index (χ4n) is 3.40. The van der Waals surface area contributed by atoms with Crippen molar-refractivity contribution in [1.82, 2.24) is 4.90 Å². The molecule has 94 valence electrons. The maximum absolute atomic E-state index is 11.8. The Labute approximate surface area is 104 Å². The minimum absolute atomic E-state index is 0. The molecule has 0 amide bonds. The molecule has 0 aromatic heterocycles. The van der Waals surface area contributed by atoms with Crippen molar-refractivity contribution >= 4 is 18.4 Å². The lowest BCUT2D eigenvalue weighted by atomic mass is 9.83. The molecule has 1 saturated heterocycles. The van der Waals surface area contributed by atoms with Crippen LogP contribution in [0.4, 0.5) is 0 Å². The van der Waals surface area contributed by atoms with Gasteiger partial charge < -0.3 is 4.74 Å². The largest absolute Gasteiger partial charge is 0.468 e. The third-order valence-corrected chi connectivity index (χ3v) is 4.43. The highest BCUT2D eigenvalue weighted by molar-refractivity contribution is 5.85. The number of methoxy groups -OCH3 is 1. The Morgan fingerprint density at radius 3 is 2.56 bits per heavy atom. The van der Waals surface area contributed by atoms with Gasteiger partial charge in [-0.1, -0.05) is 12.8 Å². The minimum Gasteiger partial charge on any atom is -0.468 e. The minimum atomic E-state index is -0.381. The molecule has 1 saturated carbocycles. The van der Waals surface area contributed by atoms with Gasteiger partial charge in [0.05, 0.1) is 7.11 Å². The number of likely N-dealkylation sites (tertiary alicyclic amines) is 1. The van der Waals surface area contributed by atoms with E-state index in [1.807, 2.05) is 6.92 Å². The van der Waals surface area contributed by atoms with E-state index in [0.29, 0.717) is 12.0 Å². The van der Waals surface area contributed by atoms with Crippen molar-refractivity contribution in [2.45, 2.75) is 50.6 Å². The number of hydrogen-bond donors (Lipinski definition) is 0. The molecule has 1 heterocycles. The normalized spacial score (nSPS) is 38.7. The maximum Gasteiger partial charge on any atom is 0.326 e. The van der Waals surface area contributed by atoms with Crippen molar-refractivity contribution < 1.29 is 9.53 Å². The number of esters is 1. The Bertz CT molecular complexity index is 272. The van der Waals surface area contributed by atoms with Gasteiger partial charge in [-0.2, -0.15) is 0 Å². The molecule has 0 aromatic carbocycles. The van der Waals surface area contributed by atoms with Gasteiger partial charge in [0, 0.05) is 6.04 Å². The fourth-order valence-corrected chi connectivity index (χ4v) is 3.40. The van der Waals surface area contributed by atoms with Crippen LogP contribution < -0.4 is 0 Å². The summed E-state index contributed by atoms with van der Waals surface area (Å²) in [4.78, 5) is 14.1. The second kappa shape index (κ2) is 4.92. The van der Waals surface area contributed by atoms with Crippen LogP contribution in [0, 0.1) is 5.92 Å². The Kier molecular flexibility index (Phi) is 4.24. The lowest BCUT2D eigenvalue weighted by Crippen LogP contribution is -2.49. The van der Waals surface area contributed by atoms with Crippen molar-refractivity contribution in [1.29, 1.82) is 0 Å². The highest BCUT2D eigenvalue weighted by Crippen LogP contribution is 2.44.